The number of hydrogen-bond acceptors (Lipinski definition) is 1. The van der Waals surface area contributed by atoms with Gasteiger partial charge in [-0.1, -0.05) is 68.4 Å². The van der Waals surface area contributed by atoms with Crippen molar-refractivity contribution in [2.45, 2.75) is 45.6 Å². The second kappa shape index (κ2) is 6.68. The maximum atomic E-state index is 6.36. The maximum Gasteiger partial charge on any atom is 0.129 e. The Kier molecular flexibility index (Phi) is 4.62. The predicted molar refractivity (Wildman–Crippen MR) is 103 cm³/mol. The molecule has 1 nitrogen and oxygen atoms in total. The minimum absolute atomic E-state index is 0.390. The molecular weight excluding hydrogens is 292 g/mol. The highest BCUT2D eigenvalue weighted by Crippen LogP contribution is 2.33. The molecule has 0 saturated heterocycles. The van der Waals surface area contributed by atoms with E-state index in [9.17, 15) is 0 Å². The van der Waals surface area contributed by atoms with Gasteiger partial charge in [-0.25, -0.2) is 0 Å². The molecule has 0 aliphatic rings. The van der Waals surface area contributed by atoms with Crippen molar-refractivity contribution in [3.8, 4) is 5.75 Å². The van der Waals surface area contributed by atoms with Crippen LogP contribution >= 0.6 is 0 Å². The van der Waals surface area contributed by atoms with Gasteiger partial charge in [0, 0.05) is 5.56 Å². The molecule has 0 aliphatic heterocycles. The lowest BCUT2D eigenvalue weighted by molar-refractivity contribution is 0.110. The normalized spacial score (nSPS) is 13.0. The van der Waals surface area contributed by atoms with E-state index in [-0.39, 0.29) is 0 Å². The van der Waals surface area contributed by atoms with E-state index in [1.807, 2.05) is 0 Å². The molecule has 0 heterocycles. The highest BCUT2D eigenvalue weighted by atomic mass is 16.5. The summed E-state index contributed by atoms with van der Waals surface area (Å²) >= 11 is 0. The minimum atomic E-state index is -0.390. The molecule has 0 bridgehead atoms. The zero-order valence-corrected chi connectivity index (χ0v) is 15.0. The first-order chi connectivity index (χ1) is 11.5. The third-order valence-corrected chi connectivity index (χ3v) is 4.87. The molecule has 1 atom stereocenters. The fourth-order valence-electron chi connectivity index (χ4n) is 3.20. The number of rotatable bonds is 5. The fraction of sp³-hybridized carbons (Fsp3) is 0.304. The first-order valence-electron chi connectivity index (χ1n) is 8.78. The van der Waals surface area contributed by atoms with Gasteiger partial charge in [-0.2, -0.15) is 0 Å². The zero-order chi connectivity index (χ0) is 17.2. The van der Waals surface area contributed by atoms with Crippen LogP contribution in [0.15, 0.2) is 66.7 Å². The van der Waals surface area contributed by atoms with Crippen molar-refractivity contribution in [1.82, 2.24) is 0 Å². The van der Waals surface area contributed by atoms with Crippen molar-refractivity contribution in [3.63, 3.8) is 0 Å². The summed E-state index contributed by atoms with van der Waals surface area (Å²) in [7, 11) is 0. The summed E-state index contributed by atoms with van der Waals surface area (Å²) in [5, 5.41) is 2.50. The molecule has 3 rings (SSSR count). The highest BCUT2D eigenvalue weighted by molar-refractivity contribution is 5.86. The van der Waals surface area contributed by atoms with Gasteiger partial charge >= 0.3 is 0 Å². The van der Waals surface area contributed by atoms with E-state index in [0.29, 0.717) is 5.92 Å². The van der Waals surface area contributed by atoms with Gasteiger partial charge in [0.2, 0.25) is 0 Å². The Labute approximate surface area is 145 Å². The van der Waals surface area contributed by atoms with E-state index in [1.54, 1.807) is 0 Å². The summed E-state index contributed by atoms with van der Waals surface area (Å²) in [6.45, 7) is 8.75. The summed E-state index contributed by atoms with van der Waals surface area (Å²) in [6.07, 6.45) is 1.15. The molecule has 0 aromatic heterocycles. The van der Waals surface area contributed by atoms with Gasteiger partial charge in [0.25, 0.3) is 0 Å². The largest absolute Gasteiger partial charge is 0.483 e. The van der Waals surface area contributed by atoms with Crippen LogP contribution in [0.1, 0.15) is 51.2 Å². The standard InChI is InChI=1S/C23H26O/c1-5-17(2)18-13-15-20(16-14-18)24-23(3,4)22-12-8-10-19-9-6-7-11-21(19)22/h6-17H,5H2,1-4H3. The summed E-state index contributed by atoms with van der Waals surface area (Å²) in [4.78, 5) is 0. The van der Waals surface area contributed by atoms with Crippen molar-refractivity contribution >= 4 is 10.8 Å². The zero-order valence-electron chi connectivity index (χ0n) is 15.0. The van der Waals surface area contributed by atoms with E-state index in [1.165, 1.54) is 21.9 Å². The number of benzene rings is 3. The molecule has 0 saturated carbocycles. The topological polar surface area (TPSA) is 9.23 Å². The second-order valence-corrected chi connectivity index (χ2v) is 7.02. The monoisotopic (exact) mass is 318 g/mol. The van der Waals surface area contributed by atoms with Crippen LogP contribution in [0.25, 0.3) is 10.8 Å². The SMILES string of the molecule is CCC(C)c1ccc(OC(C)(C)c2cccc3ccccc23)cc1. The van der Waals surface area contributed by atoms with Crippen LogP contribution in [0.3, 0.4) is 0 Å². The molecular formula is C23H26O. The smallest absolute Gasteiger partial charge is 0.129 e. The molecule has 0 aliphatic carbocycles. The fourth-order valence-corrected chi connectivity index (χ4v) is 3.20. The van der Waals surface area contributed by atoms with Crippen LogP contribution in [0.5, 0.6) is 5.75 Å². The van der Waals surface area contributed by atoms with Gasteiger partial charge in [0.05, 0.1) is 0 Å². The Morgan fingerprint density at radius 2 is 1.54 bits per heavy atom. The van der Waals surface area contributed by atoms with E-state index < -0.39 is 5.60 Å². The summed E-state index contributed by atoms with van der Waals surface area (Å²) in [5.41, 5.74) is 2.19. The minimum Gasteiger partial charge on any atom is -0.483 e. The average molecular weight is 318 g/mol. The summed E-state index contributed by atoms with van der Waals surface area (Å²) < 4.78 is 6.36. The van der Waals surface area contributed by atoms with Crippen LogP contribution in [0, 0.1) is 0 Å². The Morgan fingerprint density at radius 1 is 0.875 bits per heavy atom. The Morgan fingerprint density at radius 3 is 2.25 bits per heavy atom. The van der Waals surface area contributed by atoms with E-state index in [0.717, 1.165) is 12.2 Å². The van der Waals surface area contributed by atoms with Gasteiger partial charge < -0.3 is 4.74 Å². The van der Waals surface area contributed by atoms with Gasteiger partial charge in [-0.15, -0.1) is 0 Å². The molecule has 1 unspecified atom stereocenters. The van der Waals surface area contributed by atoms with Crippen LogP contribution < -0.4 is 4.74 Å². The Hall–Kier alpha value is -2.28. The average Bonchev–Trinajstić information content (AvgIpc) is 2.61. The lowest BCUT2D eigenvalue weighted by atomic mass is 9.92. The molecule has 3 aromatic rings. The van der Waals surface area contributed by atoms with Gasteiger partial charge in [-0.05, 0) is 54.7 Å². The number of ether oxygens (including phenoxy) is 1. The molecule has 0 N–H and O–H groups in total. The predicted octanol–water partition coefficient (Wildman–Crippen LogP) is 6.67. The molecule has 0 radical (unpaired) electrons. The van der Waals surface area contributed by atoms with Crippen LogP contribution in [0.2, 0.25) is 0 Å². The Bertz CT molecular complexity index is 810. The molecule has 1 heteroatoms. The molecule has 124 valence electrons. The lowest BCUT2D eigenvalue weighted by Gasteiger charge is -2.28. The lowest BCUT2D eigenvalue weighted by Crippen LogP contribution is -2.25. The first-order valence-corrected chi connectivity index (χ1v) is 8.78. The van der Waals surface area contributed by atoms with E-state index in [2.05, 4.69) is 94.4 Å². The molecule has 24 heavy (non-hydrogen) atoms. The van der Waals surface area contributed by atoms with Crippen molar-refractivity contribution in [1.29, 1.82) is 0 Å². The molecule has 3 aromatic carbocycles. The van der Waals surface area contributed by atoms with Crippen LogP contribution in [-0.4, -0.2) is 0 Å². The quantitative estimate of drug-likeness (QED) is 0.510. The number of fused-ring (bicyclic) bond motifs is 1. The maximum absolute atomic E-state index is 6.36. The number of hydrogen-bond donors (Lipinski definition) is 0. The van der Waals surface area contributed by atoms with E-state index >= 15 is 0 Å². The summed E-state index contributed by atoms with van der Waals surface area (Å²) in [6, 6.07) is 23.4. The molecule has 0 fully saturated rings. The third kappa shape index (κ3) is 3.31. The van der Waals surface area contributed by atoms with Gasteiger partial charge in [-0.3, -0.25) is 0 Å². The second-order valence-electron chi connectivity index (χ2n) is 7.02. The molecule has 0 spiro atoms. The summed E-state index contributed by atoms with van der Waals surface area (Å²) in [5.74, 6) is 1.50. The van der Waals surface area contributed by atoms with E-state index in [4.69, 9.17) is 4.74 Å². The highest BCUT2D eigenvalue weighted by Gasteiger charge is 2.24. The van der Waals surface area contributed by atoms with Crippen LogP contribution in [-0.2, 0) is 5.60 Å². The van der Waals surface area contributed by atoms with Crippen molar-refractivity contribution in [2.24, 2.45) is 0 Å². The van der Waals surface area contributed by atoms with Crippen molar-refractivity contribution < 1.29 is 4.74 Å². The molecule has 0 amide bonds. The third-order valence-electron chi connectivity index (χ3n) is 4.87. The van der Waals surface area contributed by atoms with Crippen molar-refractivity contribution in [3.05, 3.63) is 77.9 Å². The van der Waals surface area contributed by atoms with Gasteiger partial charge in [0.1, 0.15) is 11.4 Å². The van der Waals surface area contributed by atoms with Crippen LogP contribution in [0.4, 0.5) is 0 Å². The first kappa shape index (κ1) is 16.6. The Balaban J connectivity index is 1.90. The van der Waals surface area contributed by atoms with Gasteiger partial charge in [0.15, 0.2) is 0 Å². The van der Waals surface area contributed by atoms with Crippen molar-refractivity contribution in [2.75, 3.05) is 0 Å².